The van der Waals surface area contributed by atoms with Gasteiger partial charge < -0.3 is 0 Å². The van der Waals surface area contributed by atoms with Crippen LogP contribution >= 0.6 is 0 Å². The first-order chi connectivity index (χ1) is 6.70. The summed E-state index contributed by atoms with van der Waals surface area (Å²) in [7, 11) is 0. The minimum atomic E-state index is -0.0390. The zero-order chi connectivity index (χ0) is 11.7. The highest BCUT2D eigenvalue weighted by atomic mass is 16.1. The van der Waals surface area contributed by atoms with Gasteiger partial charge in [-0.05, 0) is 32.6 Å². The molecule has 0 heterocycles. The normalized spacial score (nSPS) is 20.3. The van der Waals surface area contributed by atoms with E-state index in [1.165, 1.54) is 0 Å². The van der Waals surface area contributed by atoms with Crippen LogP contribution in [0.1, 0.15) is 47.5 Å². The van der Waals surface area contributed by atoms with Crippen LogP contribution in [0.4, 0.5) is 0 Å². The molecule has 0 unspecified atom stereocenters. The van der Waals surface area contributed by atoms with Gasteiger partial charge in [-0.2, -0.15) is 0 Å². The van der Waals surface area contributed by atoms with Crippen LogP contribution in [-0.4, -0.2) is 5.78 Å². The second-order valence-electron chi connectivity index (χ2n) is 5.97. The summed E-state index contributed by atoms with van der Waals surface area (Å²) < 4.78 is 0. The van der Waals surface area contributed by atoms with E-state index >= 15 is 0 Å². The van der Waals surface area contributed by atoms with E-state index in [1.54, 1.807) is 0 Å². The maximum atomic E-state index is 11.6. The fourth-order valence-electron chi connectivity index (χ4n) is 1.47. The van der Waals surface area contributed by atoms with Gasteiger partial charge >= 0.3 is 0 Å². The molecule has 0 saturated carbocycles. The predicted octanol–water partition coefficient (Wildman–Crippen LogP) is 3.35. The van der Waals surface area contributed by atoms with Crippen molar-refractivity contribution < 1.29 is 4.79 Å². The summed E-state index contributed by atoms with van der Waals surface area (Å²) in [6, 6.07) is 0. The molecular formula is C14H20O. The first kappa shape index (κ1) is 12.0. The molecule has 1 heteroatoms. The van der Waals surface area contributed by atoms with E-state index in [9.17, 15) is 4.79 Å². The van der Waals surface area contributed by atoms with Gasteiger partial charge in [0.25, 0.3) is 0 Å². The molecule has 0 aromatic heterocycles. The Morgan fingerprint density at radius 2 is 1.93 bits per heavy atom. The van der Waals surface area contributed by atoms with Crippen LogP contribution in [0.15, 0.2) is 11.6 Å². The summed E-state index contributed by atoms with van der Waals surface area (Å²) in [6.07, 6.45) is 3.60. The summed E-state index contributed by atoms with van der Waals surface area (Å²) in [4.78, 5) is 11.6. The lowest BCUT2D eigenvalue weighted by atomic mass is 9.79. The number of Topliss-reactive ketones (excluding diaryl/α,β-unsaturated/α-hetero) is 1. The molecule has 15 heavy (non-hydrogen) atoms. The molecule has 0 aromatic carbocycles. The van der Waals surface area contributed by atoms with Crippen molar-refractivity contribution >= 4 is 5.78 Å². The highest BCUT2D eigenvalue weighted by Gasteiger charge is 2.24. The van der Waals surface area contributed by atoms with Crippen molar-refractivity contribution in [2.24, 2.45) is 10.8 Å². The Balaban J connectivity index is 2.97. The van der Waals surface area contributed by atoms with E-state index in [4.69, 9.17) is 0 Å². The third-order valence-electron chi connectivity index (χ3n) is 2.40. The van der Waals surface area contributed by atoms with E-state index in [0.717, 1.165) is 6.42 Å². The molecule has 1 rings (SSSR count). The summed E-state index contributed by atoms with van der Waals surface area (Å²) in [5, 5.41) is 0. The minimum absolute atomic E-state index is 0.0390. The van der Waals surface area contributed by atoms with Crippen LogP contribution in [0.25, 0.3) is 0 Å². The average molecular weight is 204 g/mol. The lowest BCUT2D eigenvalue weighted by Crippen LogP contribution is -2.19. The molecule has 0 atom stereocenters. The van der Waals surface area contributed by atoms with Crippen molar-refractivity contribution in [3.05, 3.63) is 11.6 Å². The molecule has 0 amide bonds. The number of hydrogen-bond acceptors (Lipinski definition) is 1. The Bertz CT molecular complexity index is 353. The minimum Gasteiger partial charge on any atom is -0.293 e. The number of ketones is 1. The summed E-state index contributed by atoms with van der Waals surface area (Å²) in [5.41, 5.74) is 0.791. The van der Waals surface area contributed by atoms with Crippen LogP contribution < -0.4 is 0 Å². The number of hydrogen-bond donors (Lipinski definition) is 0. The number of carbonyl (C=O) groups excluding carboxylic acids is 1. The van der Waals surface area contributed by atoms with Crippen LogP contribution in [0, 0.1) is 22.7 Å². The Kier molecular flexibility index (Phi) is 3.09. The largest absolute Gasteiger partial charge is 0.293 e. The van der Waals surface area contributed by atoms with Crippen molar-refractivity contribution in [1.29, 1.82) is 0 Å². The highest BCUT2D eigenvalue weighted by molar-refractivity contribution is 6.00. The summed E-state index contributed by atoms with van der Waals surface area (Å²) in [6.45, 7) is 10.5. The zero-order valence-electron chi connectivity index (χ0n) is 10.4. The quantitative estimate of drug-likeness (QED) is 0.553. The third-order valence-corrected chi connectivity index (χ3v) is 2.40. The van der Waals surface area contributed by atoms with Gasteiger partial charge in [-0.1, -0.05) is 31.8 Å². The van der Waals surface area contributed by atoms with Gasteiger partial charge in [-0.25, -0.2) is 0 Å². The lowest BCUT2D eigenvalue weighted by Gasteiger charge is -2.24. The van der Waals surface area contributed by atoms with Crippen molar-refractivity contribution in [2.45, 2.75) is 47.5 Å². The molecule has 0 radical (unpaired) electrons. The average Bonchev–Trinajstić information content (AvgIpc) is 2.05. The van der Waals surface area contributed by atoms with Crippen LogP contribution in [-0.2, 0) is 4.79 Å². The first-order valence-electron chi connectivity index (χ1n) is 5.49. The summed E-state index contributed by atoms with van der Waals surface area (Å²) >= 11 is 0. The van der Waals surface area contributed by atoms with E-state index in [2.05, 4.69) is 46.5 Å². The van der Waals surface area contributed by atoms with Crippen molar-refractivity contribution in [3.8, 4) is 11.8 Å². The molecule has 1 nitrogen and oxygen atoms in total. The highest BCUT2D eigenvalue weighted by Crippen LogP contribution is 2.31. The van der Waals surface area contributed by atoms with Crippen LogP contribution in [0.2, 0.25) is 0 Å². The van der Waals surface area contributed by atoms with Gasteiger partial charge in [0, 0.05) is 11.8 Å². The second-order valence-corrected chi connectivity index (χ2v) is 5.97. The molecule has 1 aliphatic rings. The van der Waals surface area contributed by atoms with Crippen molar-refractivity contribution in [3.63, 3.8) is 0 Å². The van der Waals surface area contributed by atoms with Crippen LogP contribution in [0.5, 0.6) is 0 Å². The van der Waals surface area contributed by atoms with E-state index < -0.39 is 0 Å². The fraction of sp³-hybridized carbons (Fsp3) is 0.643. The van der Waals surface area contributed by atoms with E-state index in [1.807, 2.05) is 6.08 Å². The molecule has 1 aliphatic carbocycles. The van der Waals surface area contributed by atoms with Gasteiger partial charge in [-0.15, -0.1) is 0 Å². The molecule has 0 fully saturated rings. The van der Waals surface area contributed by atoms with Crippen LogP contribution in [0.3, 0.4) is 0 Å². The Morgan fingerprint density at radius 1 is 1.33 bits per heavy atom. The molecule has 0 aliphatic heterocycles. The van der Waals surface area contributed by atoms with Gasteiger partial charge in [0.05, 0.1) is 5.57 Å². The maximum absolute atomic E-state index is 11.6. The van der Waals surface area contributed by atoms with Gasteiger partial charge in [0.15, 0.2) is 5.78 Å². The number of carbonyl (C=O) groups is 1. The Hall–Kier alpha value is -1.03. The van der Waals surface area contributed by atoms with Gasteiger partial charge in [0.1, 0.15) is 0 Å². The lowest BCUT2D eigenvalue weighted by molar-refractivity contribution is -0.116. The first-order valence-corrected chi connectivity index (χ1v) is 5.49. The Labute approximate surface area is 92.9 Å². The number of allylic oxidation sites excluding steroid dienone is 2. The summed E-state index contributed by atoms with van der Waals surface area (Å²) in [5.74, 6) is 6.35. The van der Waals surface area contributed by atoms with Gasteiger partial charge in [0.2, 0.25) is 0 Å². The second kappa shape index (κ2) is 3.85. The van der Waals surface area contributed by atoms with Crippen molar-refractivity contribution in [1.82, 2.24) is 0 Å². The molecular weight excluding hydrogens is 184 g/mol. The smallest absolute Gasteiger partial charge is 0.170 e. The topological polar surface area (TPSA) is 17.1 Å². The molecule has 82 valence electrons. The zero-order valence-corrected chi connectivity index (χ0v) is 10.4. The predicted molar refractivity (Wildman–Crippen MR) is 63.3 cm³/mol. The monoisotopic (exact) mass is 204 g/mol. The molecule has 0 N–H and O–H groups in total. The van der Waals surface area contributed by atoms with E-state index in [-0.39, 0.29) is 16.6 Å². The molecule has 0 spiro atoms. The third kappa shape index (κ3) is 3.91. The molecule has 0 bridgehead atoms. The molecule has 0 saturated heterocycles. The van der Waals surface area contributed by atoms with Crippen molar-refractivity contribution in [2.75, 3.05) is 0 Å². The Morgan fingerprint density at radius 3 is 2.47 bits per heavy atom. The maximum Gasteiger partial charge on any atom is 0.170 e. The molecule has 0 aromatic rings. The van der Waals surface area contributed by atoms with E-state index in [0.29, 0.717) is 12.0 Å². The van der Waals surface area contributed by atoms with Gasteiger partial charge in [-0.3, -0.25) is 4.79 Å². The fourth-order valence-corrected chi connectivity index (χ4v) is 1.47. The number of rotatable bonds is 0. The SMILES string of the molecule is CC(C)(C)C#CC1=CC(C)(C)CCC1=O. The standard InChI is InChI=1S/C14H20O/c1-13(2,3)8-6-11-10-14(4,5)9-7-12(11)15/h10H,7,9H2,1-5H3.